The number of nitrogens with one attached hydrogen (secondary N) is 1. The van der Waals surface area contributed by atoms with Crippen LogP contribution in [-0.4, -0.2) is 47.2 Å². The lowest BCUT2D eigenvalue weighted by atomic mass is 9.99. The molecule has 0 aliphatic carbocycles. The quantitative estimate of drug-likeness (QED) is 0.313. The van der Waals surface area contributed by atoms with Crippen molar-refractivity contribution >= 4 is 29.4 Å². The number of rotatable bonds is 7. The molecule has 0 spiro atoms. The van der Waals surface area contributed by atoms with Crippen LogP contribution in [0.2, 0.25) is 0 Å². The molecule has 0 saturated carbocycles. The second-order valence-electron chi connectivity index (χ2n) is 10.3. The van der Waals surface area contributed by atoms with Gasteiger partial charge in [-0.15, -0.1) is 11.8 Å². The molecule has 3 heterocycles. The summed E-state index contributed by atoms with van der Waals surface area (Å²) in [6.45, 7) is 6.73. The minimum Gasteiger partial charge on any atom is -0.454 e. The van der Waals surface area contributed by atoms with E-state index < -0.39 is 0 Å². The molecule has 0 radical (unpaired) electrons. The monoisotopic (exact) mass is 568 g/mol. The molecule has 2 aliphatic rings. The minimum absolute atomic E-state index is 0.0922. The van der Waals surface area contributed by atoms with Gasteiger partial charge < -0.3 is 14.8 Å². The van der Waals surface area contributed by atoms with Crippen molar-refractivity contribution in [2.45, 2.75) is 32.4 Å². The predicted molar refractivity (Wildman–Crippen MR) is 161 cm³/mol. The third kappa shape index (κ3) is 5.17. The number of benzene rings is 3. The van der Waals surface area contributed by atoms with Gasteiger partial charge >= 0.3 is 0 Å². The zero-order valence-corrected chi connectivity index (χ0v) is 24.2. The normalized spacial score (nSPS) is 15.9. The van der Waals surface area contributed by atoms with Crippen molar-refractivity contribution in [1.82, 2.24) is 15.1 Å². The van der Waals surface area contributed by atoms with E-state index in [2.05, 4.69) is 18.3 Å². The number of hydrogen-bond acceptors (Lipinski definition) is 6. The van der Waals surface area contributed by atoms with Gasteiger partial charge in [-0.05, 0) is 49.6 Å². The Morgan fingerprint density at radius 2 is 1.85 bits per heavy atom. The smallest absolute Gasteiger partial charge is 0.240 e. The van der Waals surface area contributed by atoms with Crippen molar-refractivity contribution in [3.63, 3.8) is 0 Å². The molecule has 0 saturated heterocycles. The average molecular weight is 569 g/mol. The van der Waals surface area contributed by atoms with Crippen LogP contribution in [-0.2, 0) is 9.59 Å². The first kappa shape index (κ1) is 27.0. The van der Waals surface area contributed by atoms with E-state index in [1.54, 1.807) is 4.90 Å². The maximum atomic E-state index is 13.9. The lowest BCUT2D eigenvalue weighted by molar-refractivity contribution is -0.122. The van der Waals surface area contributed by atoms with Crippen LogP contribution in [0.3, 0.4) is 0 Å². The Hall–Kier alpha value is -4.24. The third-order valence-corrected chi connectivity index (χ3v) is 8.54. The van der Waals surface area contributed by atoms with Gasteiger partial charge in [0.25, 0.3) is 0 Å². The van der Waals surface area contributed by atoms with Crippen LogP contribution in [0.15, 0.2) is 66.7 Å². The van der Waals surface area contributed by atoms with Crippen LogP contribution in [0, 0.1) is 13.8 Å². The Balaban J connectivity index is 1.62. The fourth-order valence-electron chi connectivity index (χ4n) is 5.34. The number of thioether (sulfide) groups is 1. The van der Waals surface area contributed by atoms with E-state index in [9.17, 15) is 9.59 Å². The van der Waals surface area contributed by atoms with Gasteiger partial charge in [0.1, 0.15) is 12.4 Å². The molecule has 0 bridgehead atoms. The van der Waals surface area contributed by atoms with Gasteiger partial charge in [0.2, 0.25) is 18.6 Å². The number of nitrogens with zero attached hydrogens (tertiary/aromatic N) is 3. The number of ether oxygens (including phenoxy) is 2. The highest BCUT2D eigenvalue weighted by Crippen LogP contribution is 2.50. The Morgan fingerprint density at radius 1 is 1.05 bits per heavy atom. The number of carbonyl (C=O) groups is 2. The van der Waals surface area contributed by atoms with E-state index in [1.807, 2.05) is 79.2 Å². The molecule has 1 N–H and O–H groups in total. The lowest BCUT2D eigenvalue weighted by Crippen LogP contribution is -2.42. The topological polar surface area (TPSA) is 85.7 Å². The van der Waals surface area contributed by atoms with Crippen LogP contribution in [0.4, 0.5) is 5.82 Å². The highest BCUT2D eigenvalue weighted by atomic mass is 32.2. The van der Waals surface area contributed by atoms with Crippen LogP contribution in [0.25, 0.3) is 16.9 Å². The van der Waals surface area contributed by atoms with Crippen molar-refractivity contribution in [1.29, 1.82) is 0 Å². The lowest BCUT2D eigenvalue weighted by Gasteiger charge is -2.24. The molecule has 1 atom stereocenters. The highest BCUT2D eigenvalue weighted by molar-refractivity contribution is 8.00. The van der Waals surface area contributed by atoms with Crippen molar-refractivity contribution in [3.05, 3.63) is 89.0 Å². The molecule has 6 rings (SSSR count). The summed E-state index contributed by atoms with van der Waals surface area (Å²) in [5.41, 5.74) is 6.57. The maximum absolute atomic E-state index is 13.9. The van der Waals surface area contributed by atoms with Gasteiger partial charge in [-0.2, -0.15) is 5.10 Å². The van der Waals surface area contributed by atoms with Gasteiger partial charge in [-0.1, -0.05) is 61.0 Å². The molecular weight excluding hydrogens is 536 g/mol. The molecule has 4 aromatic rings. The van der Waals surface area contributed by atoms with Gasteiger partial charge in [0, 0.05) is 17.7 Å². The molecule has 0 fully saturated rings. The average Bonchev–Trinajstić information content (AvgIpc) is 3.57. The van der Waals surface area contributed by atoms with Gasteiger partial charge in [0.15, 0.2) is 11.5 Å². The van der Waals surface area contributed by atoms with Crippen LogP contribution in [0.1, 0.15) is 40.8 Å². The van der Waals surface area contributed by atoms with Crippen LogP contribution in [0.5, 0.6) is 11.5 Å². The first-order valence-electron chi connectivity index (χ1n) is 13.8. The molecule has 3 aromatic carbocycles. The number of aromatic nitrogens is 2. The molecule has 2 amide bonds. The standard InChI is InChI=1S/C32H32N4O4S/c1-4-14-33-27(37)17-35-28(38)18-41-31(23-11-13-25-26(16-23)40-19-39-25)29-30(22-8-6-5-7-9-22)34-36(32(29)35)24-12-10-20(2)15-21(24)3/h5-13,15-16,31H,4,14,17-19H2,1-3H3,(H,33,37). The molecular formula is C32H32N4O4S. The number of anilines is 1. The van der Waals surface area contributed by atoms with Crippen molar-refractivity contribution in [3.8, 4) is 28.4 Å². The van der Waals surface area contributed by atoms with Crippen LogP contribution < -0.4 is 19.7 Å². The van der Waals surface area contributed by atoms with Gasteiger partial charge in [-0.25, -0.2) is 4.68 Å². The fraction of sp³-hybridized carbons (Fsp3) is 0.281. The van der Waals surface area contributed by atoms with Crippen molar-refractivity contribution < 1.29 is 19.1 Å². The molecule has 1 unspecified atom stereocenters. The number of amides is 2. The number of fused-ring (bicyclic) bond motifs is 2. The van der Waals surface area contributed by atoms with E-state index >= 15 is 0 Å². The first-order chi connectivity index (χ1) is 19.9. The second-order valence-corrected chi connectivity index (χ2v) is 11.4. The molecule has 2 aliphatic heterocycles. The summed E-state index contributed by atoms with van der Waals surface area (Å²) in [5.74, 6) is 1.85. The van der Waals surface area contributed by atoms with E-state index in [4.69, 9.17) is 14.6 Å². The predicted octanol–water partition coefficient (Wildman–Crippen LogP) is 5.58. The van der Waals surface area contributed by atoms with Gasteiger partial charge in [-0.3, -0.25) is 14.5 Å². The summed E-state index contributed by atoms with van der Waals surface area (Å²) < 4.78 is 13.1. The fourth-order valence-corrected chi connectivity index (χ4v) is 6.53. The Bertz CT molecular complexity index is 1620. The molecule has 41 heavy (non-hydrogen) atoms. The zero-order chi connectivity index (χ0) is 28.5. The molecule has 1 aromatic heterocycles. The van der Waals surface area contributed by atoms with Gasteiger partial charge in [0.05, 0.1) is 22.4 Å². The van der Waals surface area contributed by atoms with E-state index in [0.717, 1.165) is 45.6 Å². The molecule has 9 heteroatoms. The minimum atomic E-state index is -0.248. The summed E-state index contributed by atoms with van der Waals surface area (Å²) >= 11 is 1.53. The zero-order valence-electron chi connectivity index (χ0n) is 23.3. The first-order valence-corrected chi connectivity index (χ1v) is 14.8. The van der Waals surface area contributed by atoms with Crippen molar-refractivity contribution in [2.75, 3.05) is 30.5 Å². The summed E-state index contributed by atoms with van der Waals surface area (Å²) in [5, 5.41) is 7.88. The number of hydrogen-bond donors (Lipinski definition) is 1. The highest BCUT2D eigenvalue weighted by Gasteiger charge is 2.38. The summed E-state index contributed by atoms with van der Waals surface area (Å²) in [6, 6.07) is 22.1. The third-order valence-electron chi connectivity index (χ3n) is 7.29. The summed E-state index contributed by atoms with van der Waals surface area (Å²) in [4.78, 5) is 28.5. The molecule has 210 valence electrons. The van der Waals surface area contributed by atoms with Crippen molar-refractivity contribution in [2.24, 2.45) is 0 Å². The number of aryl methyl sites for hydroxylation is 2. The number of carbonyl (C=O) groups excluding carboxylic acids is 2. The Labute approximate surface area is 243 Å². The molecule has 8 nitrogen and oxygen atoms in total. The van der Waals surface area contributed by atoms with E-state index in [-0.39, 0.29) is 36.2 Å². The largest absolute Gasteiger partial charge is 0.454 e. The maximum Gasteiger partial charge on any atom is 0.240 e. The SMILES string of the molecule is CCCNC(=O)CN1C(=O)CSC(c2ccc3c(c2)OCO3)c2c(-c3ccccc3)nn(-c3ccc(C)cc3C)c21. The van der Waals surface area contributed by atoms with E-state index in [0.29, 0.717) is 23.9 Å². The van der Waals surface area contributed by atoms with E-state index in [1.165, 1.54) is 11.8 Å². The Kier molecular flexibility index (Phi) is 7.45. The second kappa shape index (κ2) is 11.3. The summed E-state index contributed by atoms with van der Waals surface area (Å²) in [7, 11) is 0. The summed E-state index contributed by atoms with van der Waals surface area (Å²) in [6.07, 6.45) is 0.811. The Morgan fingerprint density at radius 3 is 2.63 bits per heavy atom. The van der Waals surface area contributed by atoms with Crippen LogP contribution >= 0.6 is 11.8 Å².